The second kappa shape index (κ2) is 7.70. The maximum atomic E-state index is 5.33. The van der Waals surface area contributed by atoms with Crippen molar-refractivity contribution in [3.05, 3.63) is 76.3 Å². The molecule has 3 aromatic rings. The lowest BCUT2D eigenvalue weighted by molar-refractivity contribution is 0.414. The molecule has 0 saturated carbocycles. The first kappa shape index (κ1) is 16.1. The molecule has 0 aliphatic carbocycles. The second-order valence-electron chi connectivity index (χ2n) is 5.23. The summed E-state index contributed by atoms with van der Waals surface area (Å²) in [4.78, 5) is 0. The summed E-state index contributed by atoms with van der Waals surface area (Å²) in [6.07, 6.45) is 3.36. The molecule has 0 spiro atoms. The highest BCUT2D eigenvalue weighted by Gasteiger charge is 2.06. The summed E-state index contributed by atoms with van der Waals surface area (Å²) in [6.45, 7) is 0. The lowest BCUT2D eigenvalue weighted by atomic mass is 10.1. The number of nitrogens with one attached hydrogen (secondary N) is 1. The van der Waals surface area contributed by atoms with E-state index in [1.807, 2.05) is 42.5 Å². The molecule has 0 radical (unpaired) electrons. The van der Waals surface area contributed by atoms with E-state index in [9.17, 15) is 0 Å². The number of aromatic nitrogens is 3. The number of rotatable bonds is 6. The Kier molecular flexibility index (Phi) is 5.18. The average Bonchev–Trinajstić information content (AvgIpc) is 2.99. The molecule has 1 aromatic heterocycles. The third-order valence-corrected chi connectivity index (χ3v) is 3.91. The van der Waals surface area contributed by atoms with Gasteiger partial charge in [0.05, 0.1) is 13.3 Å². The van der Waals surface area contributed by atoms with Gasteiger partial charge in [-0.2, -0.15) is 14.9 Å². The van der Waals surface area contributed by atoms with E-state index < -0.39 is 0 Å². The molecular weight excluding hydrogens is 320 g/mol. The normalized spacial score (nSPS) is 11.0. The van der Waals surface area contributed by atoms with Crippen LogP contribution < -0.4 is 4.74 Å². The van der Waals surface area contributed by atoms with Crippen LogP contribution in [0.4, 0.5) is 0 Å². The fraction of sp³-hybridized carbons (Fsp3) is 0.167. The predicted octanol–water partition coefficient (Wildman–Crippen LogP) is 3.62. The van der Waals surface area contributed by atoms with E-state index >= 15 is 0 Å². The van der Waals surface area contributed by atoms with Gasteiger partial charge in [0.1, 0.15) is 5.75 Å². The number of nitrogens with zero attached hydrogens (tertiary/aromatic N) is 3. The first-order chi connectivity index (χ1) is 11.8. The standard InChI is InChI=1S/C18H18N4OS/c1-23-16-10-6-5-9-15(16)13-19-22-17(20-21-18(22)24)12-11-14-7-3-2-4-8-14/h2-10,13H,11-12H2,1H3,(H,21,24)/b19-13-. The van der Waals surface area contributed by atoms with Crippen LogP contribution in [0.2, 0.25) is 0 Å². The first-order valence-corrected chi connectivity index (χ1v) is 8.06. The van der Waals surface area contributed by atoms with Crippen LogP contribution in [0.5, 0.6) is 5.75 Å². The van der Waals surface area contributed by atoms with Crippen LogP contribution >= 0.6 is 12.2 Å². The largest absolute Gasteiger partial charge is 0.496 e. The lowest BCUT2D eigenvalue weighted by Crippen LogP contribution is -2.02. The monoisotopic (exact) mass is 338 g/mol. The molecule has 0 saturated heterocycles. The Balaban J connectivity index is 1.80. The number of methoxy groups -OCH3 is 1. The SMILES string of the molecule is COc1ccccc1/C=N\n1c(CCc2ccccc2)n[nH]c1=S. The molecular formula is C18H18N4OS. The van der Waals surface area contributed by atoms with Gasteiger partial charge in [-0.1, -0.05) is 42.5 Å². The van der Waals surface area contributed by atoms with Gasteiger partial charge < -0.3 is 4.74 Å². The maximum Gasteiger partial charge on any atom is 0.216 e. The molecule has 0 amide bonds. The summed E-state index contributed by atoms with van der Waals surface area (Å²) in [5.74, 6) is 1.57. The summed E-state index contributed by atoms with van der Waals surface area (Å²) in [6, 6.07) is 18.0. The van der Waals surface area contributed by atoms with Crippen LogP contribution in [0, 0.1) is 4.77 Å². The number of hydrogen-bond donors (Lipinski definition) is 1. The third-order valence-electron chi connectivity index (χ3n) is 3.65. The molecule has 1 N–H and O–H groups in total. The van der Waals surface area contributed by atoms with Gasteiger partial charge in [-0.15, -0.1) is 0 Å². The zero-order chi connectivity index (χ0) is 16.8. The topological polar surface area (TPSA) is 55.2 Å². The number of benzene rings is 2. The molecule has 122 valence electrons. The van der Waals surface area contributed by atoms with Gasteiger partial charge in [0.15, 0.2) is 5.82 Å². The minimum absolute atomic E-state index is 0.476. The van der Waals surface area contributed by atoms with E-state index in [4.69, 9.17) is 17.0 Å². The van der Waals surface area contributed by atoms with E-state index in [1.54, 1.807) is 18.0 Å². The molecule has 0 atom stereocenters. The summed E-state index contributed by atoms with van der Waals surface area (Å²) in [5, 5.41) is 11.6. The van der Waals surface area contributed by atoms with Gasteiger partial charge in [-0.3, -0.25) is 5.10 Å². The van der Waals surface area contributed by atoms with Crippen LogP contribution in [0.1, 0.15) is 17.0 Å². The summed E-state index contributed by atoms with van der Waals surface area (Å²) in [7, 11) is 1.64. The fourth-order valence-corrected chi connectivity index (χ4v) is 2.60. The van der Waals surface area contributed by atoms with Gasteiger partial charge >= 0.3 is 0 Å². The van der Waals surface area contributed by atoms with Crippen molar-refractivity contribution in [1.29, 1.82) is 0 Å². The molecule has 0 aliphatic rings. The maximum absolute atomic E-state index is 5.33. The summed E-state index contributed by atoms with van der Waals surface area (Å²) < 4.78 is 7.46. The number of aromatic amines is 1. The van der Waals surface area contributed by atoms with Crippen molar-refractivity contribution in [3.8, 4) is 5.75 Å². The Hall–Kier alpha value is -2.73. The molecule has 0 bridgehead atoms. The molecule has 2 aromatic carbocycles. The van der Waals surface area contributed by atoms with Crippen LogP contribution in [0.25, 0.3) is 0 Å². The van der Waals surface area contributed by atoms with Crippen molar-refractivity contribution < 1.29 is 4.74 Å². The van der Waals surface area contributed by atoms with Crippen LogP contribution in [0.3, 0.4) is 0 Å². The predicted molar refractivity (Wildman–Crippen MR) is 97.2 cm³/mol. The molecule has 1 heterocycles. The van der Waals surface area contributed by atoms with Crippen molar-refractivity contribution in [2.75, 3.05) is 7.11 Å². The van der Waals surface area contributed by atoms with Gasteiger partial charge in [-0.05, 0) is 36.3 Å². The molecule has 5 nitrogen and oxygen atoms in total. The van der Waals surface area contributed by atoms with Gasteiger partial charge in [0.25, 0.3) is 0 Å². The van der Waals surface area contributed by atoms with Crippen molar-refractivity contribution in [1.82, 2.24) is 14.9 Å². The average molecular weight is 338 g/mol. The Morgan fingerprint density at radius 2 is 1.88 bits per heavy atom. The van der Waals surface area contributed by atoms with Crippen molar-refractivity contribution in [2.45, 2.75) is 12.8 Å². The highest BCUT2D eigenvalue weighted by Crippen LogP contribution is 2.15. The fourth-order valence-electron chi connectivity index (χ4n) is 2.40. The van der Waals surface area contributed by atoms with E-state index in [2.05, 4.69) is 27.4 Å². The van der Waals surface area contributed by atoms with Crippen molar-refractivity contribution in [3.63, 3.8) is 0 Å². The number of aryl methyl sites for hydroxylation is 2. The third kappa shape index (κ3) is 3.78. The molecule has 0 aliphatic heterocycles. The Bertz CT molecular complexity index is 883. The van der Waals surface area contributed by atoms with Gasteiger partial charge in [-0.25, -0.2) is 0 Å². The number of H-pyrrole nitrogens is 1. The number of para-hydroxylation sites is 1. The quantitative estimate of drug-likeness (QED) is 0.552. The molecule has 0 unspecified atom stereocenters. The van der Waals surface area contributed by atoms with Crippen LogP contribution in [0.15, 0.2) is 59.7 Å². The van der Waals surface area contributed by atoms with Crippen molar-refractivity contribution >= 4 is 18.4 Å². The van der Waals surface area contributed by atoms with Crippen LogP contribution in [-0.2, 0) is 12.8 Å². The first-order valence-electron chi connectivity index (χ1n) is 7.65. The van der Waals surface area contributed by atoms with Crippen molar-refractivity contribution in [2.24, 2.45) is 5.10 Å². The minimum Gasteiger partial charge on any atom is -0.496 e. The van der Waals surface area contributed by atoms with Gasteiger partial charge in [0.2, 0.25) is 4.77 Å². The van der Waals surface area contributed by atoms with Crippen LogP contribution in [-0.4, -0.2) is 28.2 Å². The smallest absolute Gasteiger partial charge is 0.216 e. The number of hydrogen-bond acceptors (Lipinski definition) is 4. The molecule has 6 heteroatoms. The lowest BCUT2D eigenvalue weighted by Gasteiger charge is -2.04. The van der Waals surface area contributed by atoms with E-state index in [0.29, 0.717) is 4.77 Å². The Morgan fingerprint density at radius 3 is 2.67 bits per heavy atom. The zero-order valence-electron chi connectivity index (χ0n) is 13.3. The highest BCUT2D eigenvalue weighted by molar-refractivity contribution is 7.71. The minimum atomic E-state index is 0.476. The Morgan fingerprint density at radius 1 is 1.12 bits per heavy atom. The molecule has 24 heavy (non-hydrogen) atoms. The van der Waals surface area contributed by atoms with E-state index in [0.717, 1.165) is 30.0 Å². The highest BCUT2D eigenvalue weighted by atomic mass is 32.1. The van der Waals surface area contributed by atoms with E-state index in [-0.39, 0.29) is 0 Å². The molecule has 3 rings (SSSR count). The number of ether oxygens (including phenoxy) is 1. The summed E-state index contributed by atoms with van der Waals surface area (Å²) in [5.41, 5.74) is 2.14. The van der Waals surface area contributed by atoms with Gasteiger partial charge in [0, 0.05) is 12.0 Å². The molecule has 0 fully saturated rings. The summed E-state index contributed by atoms with van der Waals surface area (Å²) >= 11 is 5.28. The second-order valence-corrected chi connectivity index (χ2v) is 5.62. The van der Waals surface area contributed by atoms with E-state index in [1.165, 1.54) is 5.56 Å². The Labute approximate surface area is 145 Å². The zero-order valence-corrected chi connectivity index (χ0v) is 14.2.